The predicted molar refractivity (Wildman–Crippen MR) is 173 cm³/mol. The van der Waals surface area contributed by atoms with Crippen molar-refractivity contribution in [1.82, 2.24) is 15.1 Å². The van der Waals surface area contributed by atoms with E-state index in [0.29, 0.717) is 0 Å². The van der Waals surface area contributed by atoms with E-state index in [-0.39, 0.29) is 16.9 Å². The van der Waals surface area contributed by atoms with E-state index in [4.69, 9.17) is 9.47 Å². The number of fused-ring (bicyclic) bond motifs is 7. The Morgan fingerprint density at radius 3 is 2.14 bits per heavy atom. The van der Waals surface area contributed by atoms with Gasteiger partial charge >= 0.3 is 0 Å². The number of piperidine rings is 2. The van der Waals surface area contributed by atoms with E-state index in [1.807, 2.05) is 12.1 Å². The van der Waals surface area contributed by atoms with Gasteiger partial charge in [0, 0.05) is 41.5 Å². The van der Waals surface area contributed by atoms with Crippen molar-refractivity contribution in [2.45, 2.75) is 49.7 Å². The average molecular weight is 583 g/mol. The molecule has 0 saturated carbocycles. The lowest BCUT2D eigenvalue weighted by Crippen LogP contribution is -2.47. The van der Waals surface area contributed by atoms with Gasteiger partial charge in [0.1, 0.15) is 17.3 Å². The second-order valence-corrected chi connectivity index (χ2v) is 13.0. The second-order valence-electron chi connectivity index (χ2n) is 13.0. The number of rotatable bonds is 2. The topological polar surface area (TPSA) is 49.0 Å². The van der Waals surface area contributed by atoms with Crippen LogP contribution in [0.5, 0.6) is 11.5 Å². The monoisotopic (exact) mass is 582 g/mol. The smallest absolute Gasteiger partial charge is 0.142 e. The van der Waals surface area contributed by atoms with E-state index in [1.54, 1.807) is 26.4 Å². The molecule has 7 heteroatoms. The molecule has 0 radical (unpaired) electrons. The molecule has 0 atom stereocenters. The van der Waals surface area contributed by atoms with Gasteiger partial charge in [0.25, 0.3) is 0 Å². The molecule has 4 heterocycles. The highest BCUT2D eigenvalue weighted by atomic mass is 19.1. The molecule has 0 aliphatic carbocycles. The SMILES string of the molecule is CN1CCC2(CC1)NCc1c2ccc2cccc(F)c12.COc1cc2cccc(OC)c2c2c1NC1(CCN(C)CC1)C2. The first-order valence-corrected chi connectivity index (χ1v) is 15.6. The minimum absolute atomic E-state index is 0.0678. The van der Waals surface area contributed by atoms with Crippen molar-refractivity contribution in [3.8, 4) is 11.5 Å². The summed E-state index contributed by atoms with van der Waals surface area (Å²) in [7, 11) is 7.87. The van der Waals surface area contributed by atoms with Crippen LogP contribution in [0, 0.1) is 5.82 Å². The molecule has 4 aliphatic heterocycles. The number of anilines is 1. The van der Waals surface area contributed by atoms with Crippen LogP contribution in [0.4, 0.5) is 10.1 Å². The van der Waals surface area contributed by atoms with E-state index in [2.05, 4.69) is 64.9 Å². The fraction of sp³-hybridized carbons (Fsp3) is 0.444. The Labute approximate surface area is 254 Å². The molecule has 0 amide bonds. The van der Waals surface area contributed by atoms with E-state index in [0.717, 1.165) is 92.8 Å². The van der Waals surface area contributed by atoms with Crippen LogP contribution in [-0.2, 0) is 18.5 Å². The molecule has 6 nitrogen and oxygen atoms in total. The summed E-state index contributed by atoms with van der Waals surface area (Å²) in [6.07, 6.45) is 5.59. The summed E-state index contributed by atoms with van der Waals surface area (Å²) in [5.74, 6) is 1.80. The number of ether oxygens (including phenoxy) is 2. The number of hydrogen-bond acceptors (Lipinski definition) is 6. The Morgan fingerprint density at radius 1 is 0.744 bits per heavy atom. The molecule has 0 aromatic heterocycles. The van der Waals surface area contributed by atoms with Crippen molar-refractivity contribution in [3.63, 3.8) is 0 Å². The van der Waals surface area contributed by atoms with Gasteiger partial charge in [-0.2, -0.15) is 0 Å². The van der Waals surface area contributed by atoms with E-state index < -0.39 is 0 Å². The fourth-order valence-corrected chi connectivity index (χ4v) is 7.96. The summed E-state index contributed by atoms with van der Waals surface area (Å²) in [6, 6.07) is 18.0. The lowest BCUT2D eigenvalue weighted by Gasteiger charge is -2.39. The molecular formula is C36H43FN4O2. The highest BCUT2D eigenvalue weighted by molar-refractivity contribution is 5.99. The van der Waals surface area contributed by atoms with Gasteiger partial charge < -0.3 is 29.9 Å². The maximum Gasteiger partial charge on any atom is 0.142 e. The van der Waals surface area contributed by atoms with E-state index in [1.165, 1.54) is 27.5 Å². The van der Waals surface area contributed by atoms with Gasteiger partial charge in [-0.25, -0.2) is 4.39 Å². The summed E-state index contributed by atoms with van der Waals surface area (Å²) in [4.78, 5) is 4.78. The Kier molecular flexibility index (Phi) is 7.23. The molecule has 226 valence electrons. The van der Waals surface area contributed by atoms with Crippen LogP contribution in [0.3, 0.4) is 0 Å². The Morgan fingerprint density at radius 2 is 1.42 bits per heavy atom. The molecule has 2 spiro atoms. The van der Waals surface area contributed by atoms with Gasteiger partial charge in [0.15, 0.2) is 0 Å². The first-order valence-electron chi connectivity index (χ1n) is 15.6. The van der Waals surface area contributed by atoms with Gasteiger partial charge in [-0.1, -0.05) is 36.4 Å². The third kappa shape index (κ3) is 4.82. The molecule has 4 aromatic carbocycles. The number of hydrogen-bond donors (Lipinski definition) is 2. The molecule has 43 heavy (non-hydrogen) atoms. The van der Waals surface area contributed by atoms with Crippen molar-refractivity contribution in [2.75, 3.05) is 59.8 Å². The molecule has 8 rings (SSSR count). The van der Waals surface area contributed by atoms with Gasteiger partial charge in [-0.05, 0) is 105 Å². The van der Waals surface area contributed by atoms with Crippen molar-refractivity contribution in [1.29, 1.82) is 0 Å². The van der Waals surface area contributed by atoms with Crippen LogP contribution in [0.1, 0.15) is 42.4 Å². The van der Waals surface area contributed by atoms with Crippen molar-refractivity contribution in [3.05, 3.63) is 77.1 Å². The summed E-state index contributed by atoms with van der Waals surface area (Å²) in [5, 5.41) is 11.8. The van der Waals surface area contributed by atoms with Crippen LogP contribution < -0.4 is 20.1 Å². The van der Waals surface area contributed by atoms with Crippen LogP contribution in [0.25, 0.3) is 21.5 Å². The molecule has 2 fully saturated rings. The molecule has 2 N–H and O–H groups in total. The quantitative estimate of drug-likeness (QED) is 0.290. The number of benzene rings is 4. The van der Waals surface area contributed by atoms with Crippen LogP contribution in [-0.4, -0.2) is 69.8 Å². The summed E-state index contributed by atoms with van der Waals surface area (Å²) < 4.78 is 25.5. The summed E-state index contributed by atoms with van der Waals surface area (Å²) in [6.45, 7) is 5.26. The maximum absolute atomic E-state index is 14.2. The first kappa shape index (κ1) is 28.4. The minimum atomic E-state index is -0.0915. The zero-order valence-electron chi connectivity index (χ0n) is 25.9. The molecule has 0 unspecified atom stereocenters. The fourth-order valence-electron chi connectivity index (χ4n) is 7.96. The number of methoxy groups -OCH3 is 2. The highest BCUT2D eigenvalue weighted by Gasteiger charge is 2.42. The lowest BCUT2D eigenvalue weighted by molar-refractivity contribution is 0.166. The zero-order valence-corrected chi connectivity index (χ0v) is 25.9. The van der Waals surface area contributed by atoms with E-state index >= 15 is 0 Å². The van der Waals surface area contributed by atoms with Crippen molar-refractivity contribution < 1.29 is 13.9 Å². The third-order valence-electron chi connectivity index (χ3n) is 10.5. The highest BCUT2D eigenvalue weighted by Crippen LogP contribution is 2.49. The first-order chi connectivity index (χ1) is 20.9. The van der Waals surface area contributed by atoms with Crippen LogP contribution in [0.15, 0.2) is 54.6 Å². The molecule has 2 saturated heterocycles. The number of nitrogens with one attached hydrogen (secondary N) is 2. The Hall–Kier alpha value is -3.39. The molecule has 4 aromatic rings. The third-order valence-corrected chi connectivity index (χ3v) is 10.5. The molecular weight excluding hydrogens is 539 g/mol. The zero-order chi connectivity index (χ0) is 29.8. The number of nitrogens with zero attached hydrogens (tertiary/aromatic N) is 2. The largest absolute Gasteiger partial charge is 0.496 e. The normalized spacial score (nSPS) is 20.5. The van der Waals surface area contributed by atoms with Gasteiger partial charge in [0.05, 0.1) is 19.9 Å². The summed E-state index contributed by atoms with van der Waals surface area (Å²) >= 11 is 0. The summed E-state index contributed by atoms with van der Waals surface area (Å²) in [5.41, 5.74) is 5.24. The predicted octanol–water partition coefficient (Wildman–Crippen LogP) is 6.29. The second kappa shape index (κ2) is 11.0. The molecule has 4 aliphatic rings. The van der Waals surface area contributed by atoms with Gasteiger partial charge in [0.2, 0.25) is 0 Å². The Balaban J connectivity index is 0.000000141. The van der Waals surface area contributed by atoms with Crippen LogP contribution in [0.2, 0.25) is 0 Å². The van der Waals surface area contributed by atoms with Gasteiger partial charge in [-0.15, -0.1) is 0 Å². The standard InChI is InChI=1S/C19H24N2O2.C17H19FN2/c1-21-9-7-19(8-10-21)12-14-17-13(5-4-6-15(17)22-2)11-16(23-3)18(14)20-19;1-20-9-7-17(8-10-20)14-6-5-12-3-2-4-15(18)16(12)13(14)11-19-17/h4-6,11,20H,7-10,12H2,1-3H3;2-6,19H,7-11H2,1H3. The average Bonchev–Trinajstić information content (AvgIpc) is 3.59. The maximum atomic E-state index is 14.2. The number of halogens is 1. The van der Waals surface area contributed by atoms with Crippen molar-refractivity contribution >= 4 is 27.2 Å². The minimum Gasteiger partial charge on any atom is -0.496 e. The molecule has 0 bridgehead atoms. The van der Waals surface area contributed by atoms with Gasteiger partial charge in [-0.3, -0.25) is 0 Å². The van der Waals surface area contributed by atoms with Crippen LogP contribution >= 0.6 is 0 Å². The number of likely N-dealkylation sites (tertiary alicyclic amines) is 2. The van der Waals surface area contributed by atoms with Crippen molar-refractivity contribution in [2.24, 2.45) is 0 Å². The Bertz CT molecular complexity index is 1670. The van der Waals surface area contributed by atoms with E-state index in [9.17, 15) is 4.39 Å². The lowest BCUT2D eigenvalue weighted by atomic mass is 9.81.